The molecule has 6 nitrogen and oxygen atoms in total. The van der Waals surface area contributed by atoms with E-state index in [9.17, 15) is 14.0 Å². The number of hydrogen-bond donors (Lipinski definition) is 0. The van der Waals surface area contributed by atoms with Crippen LogP contribution >= 0.6 is 0 Å². The third-order valence-corrected chi connectivity index (χ3v) is 4.91. The molecule has 1 heterocycles. The quantitative estimate of drug-likeness (QED) is 0.669. The smallest absolute Gasteiger partial charge is 0.337 e. The highest BCUT2D eigenvalue weighted by Crippen LogP contribution is 2.13. The molecule has 2 aromatic carbocycles. The molecule has 0 aliphatic carbocycles. The summed E-state index contributed by atoms with van der Waals surface area (Å²) in [7, 11) is 1.36. The molecule has 3 rings (SSSR count). The van der Waals surface area contributed by atoms with Crippen LogP contribution in [0.15, 0.2) is 48.5 Å². The molecular weight excluding hydrogens is 375 g/mol. The largest absolute Gasteiger partial charge is 0.492 e. The van der Waals surface area contributed by atoms with Gasteiger partial charge in [0.15, 0.2) is 0 Å². The highest BCUT2D eigenvalue weighted by atomic mass is 19.1. The summed E-state index contributed by atoms with van der Waals surface area (Å²) in [6, 6.07) is 13.2. The summed E-state index contributed by atoms with van der Waals surface area (Å²) in [5.74, 6) is 0.0393. The molecule has 154 valence electrons. The van der Waals surface area contributed by atoms with Gasteiger partial charge in [0.2, 0.25) is 5.91 Å². The third kappa shape index (κ3) is 6.02. The Labute approximate surface area is 169 Å². The fraction of sp³-hybridized carbons (Fsp3) is 0.364. The monoisotopic (exact) mass is 400 g/mol. The molecule has 29 heavy (non-hydrogen) atoms. The lowest BCUT2D eigenvalue weighted by Gasteiger charge is -2.22. The number of amides is 1. The summed E-state index contributed by atoms with van der Waals surface area (Å²) in [5, 5.41) is 0. The van der Waals surface area contributed by atoms with Crippen LogP contribution in [0.1, 0.15) is 22.3 Å². The Bertz CT molecular complexity index is 824. The van der Waals surface area contributed by atoms with Crippen LogP contribution in [-0.2, 0) is 16.1 Å². The summed E-state index contributed by atoms with van der Waals surface area (Å²) in [6.45, 7) is 3.67. The SMILES string of the molecule is COC(=O)c1ccc(CN2CCC(=O)N(CCOc3ccc(F)cc3)CC2)cc1. The number of ether oxygens (including phenoxy) is 2. The molecule has 7 heteroatoms. The fourth-order valence-electron chi connectivity index (χ4n) is 3.23. The van der Waals surface area contributed by atoms with Crippen LogP contribution in [0, 0.1) is 5.82 Å². The first-order valence-electron chi connectivity index (χ1n) is 9.61. The Hall–Kier alpha value is -2.93. The molecule has 0 atom stereocenters. The van der Waals surface area contributed by atoms with Crippen LogP contribution in [0.2, 0.25) is 0 Å². The van der Waals surface area contributed by atoms with Gasteiger partial charge in [-0.2, -0.15) is 0 Å². The fourth-order valence-corrected chi connectivity index (χ4v) is 3.23. The highest BCUT2D eigenvalue weighted by Gasteiger charge is 2.21. The molecule has 0 saturated carbocycles. The number of rotatable bonds is 7. The second-order valence-corrected chi connectivity index (χ2v) is 6.90. The Balaban J connectivity index is 1.47. The van der Waals surface area contributed by atoms with Crippen LogP contribution in [0.4, 0.5) is 4.39 Å². The number of carbonyl (C=O) groups excluding carboxylic acids is 2. The van der Waals surface area contributed by atoms with Crippen molar-refractivity contribution in [1.82, 2.24) is 9.80 Å². The molecule has 0 aromatic heterocycles. The van der Waals surface area contributed by atoms with Crippen molar-refractivity contribution in [3.05, 3.63) is 65.5 Å². The zero-order chi connectivity index (χ0) is 20.6. The predicted octanol–water partition coefficient (Wildman–Crippen LogP) is 2.73. The van der Waals surface area contributed by atoms with E-state index in [0.717, 1.165) is 12.1 Å². The molecule has 0 unspecified atom stereocenters. The van der Waals surface area contributed by atoms with E-state index in [2.05, 4.69) is 4.90 Å². The normalized spacial score (nSPS) is 15.1. The first kappa shape index (κ1) is 20.8. The minimum Gasteiger partial charge on any atom is -0.492 e. The van der Waals surface area contributed by atoms with Crippen molar-refractivity contribution in [3.63, 3.8) is 0 Å². The first-order chi connectivity index (χ1) is 14.0. The van der Waals surface area contributed by atoms with Crippen molar-refractivity contribution in [2.75, 3.05) is 39.9 Å². The van der Waals surface area contributed by atoms with Crippen molar-refractivity contribution in [3.8, 4) is 5.75 Å². The van der Waals surface area contributed by atoms with Gasteiger partial charge in [0.05, 0.1) is 19.2 Å². The summed E-state index contributed by atoms with van der Waals surface area (Å²) >= 11 is 0. The number of halogens is 1. The lowest BCUT2D eigenvalue weighted by atomic mass is 10.1. The predicted molar refractivity (Wildman–Crippen MR) is 106 cm³/mol. The Morgan fingerprint density at radius 3 is 2.45 bits per heavy atom. The van der Waals surface area contributed by atoms with Crippen LogP contribution in [-0.4, -0.2) is 61.6 Å². The van der Waals surface area contributed by atoms with Gasteiger partial charge >= 0.3 is 5.97 Å². The summed E-state index contributed by atoms with van der Waals surface area (Å²) in [5.41, 5.74) is 1.60. The molecule has 1 aliphatic rings. The van der Waals surface area contributed by atoms with Gasteiger partial charge in [-0.25, -0.2) is 9.18 Å². The summed E-state index contributed by atoms with van der Waals surface area (Å²) in [6.07, 6.45) is 0.455. The van der Waals surface area contributed by atoms with Crippen LogP contribution in [0.5, 0.6) is 5.75 Å². The van der Waals surface area contributed by atoms with Gasteiger partial charge in [0.1, 0.15) is 18.2 Å². The zero-order valence-corrected chi connectivity index (χ0v) is 16.5. The van der Waals surface area contributed by atoms with E-state index >= 15 is 0 Å². The molecular formula is C22H25FN2O4. The molecule has 1 aliphatic heterocycles. The number of methoxy groups -OCH3 is 1. The maximum atomic E-state index is 12.9. The van der Waals surface area contributed by atoms with Gasteiger partial charge in [-0.3, -0.25) is 9.69 Å². The molecule has 1 saturated heterocycles. The van der Waals surface area contributed by atoms with Crippen LogP contribution < -0.4 is 4.74 Å². The lowest BCUT2D eigenvalue weighted by molar-refractivity contribution is -0.130. The number of esters is 1. The maximum absolute atomic E-state index is 12.9. The lowest BCUT2D eigenvalue weighted by Crippen LogP contribution is -2.36. The van der Waals surface area contributed by atoms with E-state index in [1.54, 1.807) is 24.3 Å². The first-order valence-corrected chi connectivity index (χ1v) is 9.61. The van der Waals surface area contributed by atoms with Crippen LogP contribution in [0.25, 0.3) is 0 Å². The van der Waals surface area contributed by atoms with Crippen molar-refractivity contribution in [2.45, 2.75) is 13.0 Å². The number of carbonyl (C=O) groups is 2. The van der Waals surface area contributed by atoms with Crippen molar-refractivity contribution in [2.24, 2.45) is 0 Å². The van der Waals surface area contributed by atoms with E-state index in [-0.39, 0.29) is 17.7 Å². The minimum absolute atomic E-state index is 0.108. The third-order valence-electron chi connectivity index (χ3n) is 4.91. The molecule has 0 N–H and O–H groups in total. The van der Waals surface area contributed by atoms with Gasteiger partial charge in [0.25, 0.3) is 0 Å². The zero-order valence-electron chi connectivity index (χ0n) is 16.5. The summed E-state index contributed by atoms with van der Waals surface area (Å²) < 4.78 is 23.2. The standard InChI is InChI=1S/C22H25FN2O4/c1-28-22(27)18-4-2-17(3-5-18)16-24-11-10-21(26)25(13-12-24)14-15-29-20-8-6-19(23)7-9-20/h2-9H,10-16H2,1H3. The van der Waals surface area contributed by atoms with E-state index in [4.69, 9.17) is 9.47 Å². The number of nitrogens with zero attached hydrogens (tertiary/aromatic N) is 2. The van der Waals surface area contributed by atoms with Crippen molar-refractivity contribution >= 4 is 11.9 Å². The highest BCUT2D eigenvalue weighted by molar-refractivity contribution is 5.89. The average molecular weight is 400 g/mol. The number of hydrogen-bond acceptors (Lipinski definition) is 5. The minimum atomic E-state index is -0.351. The van der Waals surface area contributed by atoms with E-state index < -0.39 is 0 Å². The van der Waals surface area contributed by atoms with Gasteiger partial charge in [0, 0.05) is 32.6 Å². The van der Waals surface area contributed by atoms with E-state index in [0.29, 0.717) is 50.5 Å². The van der Waals surface area contributed by atoms with E-state index in [1.807, 2.05) is 17.0 Å². The van der Waals surface area contributed by atoms with Gasteiger partial charge in [-0.1, -0.05) is 12.1 Å². The van der Waals surface area contributed by atoms with Gasteiger partial charge in [-0.15, -0.1) is 0 Å². The van der Waals surface area contributed by atoms with Gasteiger partial charge in [-0.05, 0) is 42.0 Å². The van der Waals surface area contributed by atoms with Crippen LogP contribution in [0.3, 0.4) is 0 Å². The van der Waals surface area contributed by atoms with E-state index in [1.165, 1.54) is 19.2 Å². The second-order valence-electron chi connectivity index (χ2n) is 6.90. The molecule has 0 spiro atoms. The Kier molecular flexibility index (Phi) is 7.19. The molecule has 1 fully saturated rings. The van der Waals surface area contributed by atoms with Crippen molar-refractivity contribution in [1.29, 1.82) is 0 Å². The Morgan fingerprint density at radius 1 is 1.03 bits per heavy atom. The van der Waals surface area contributed by atoms with Crippen molar-refractivity contribution < 1.29 is 23.5 Å². The molecule has 2 aromatic rings. The van der Waals surface area contributed by atoms with Gasteiger partial charge < -0.3 is 14.4 Å². The maximum Gasteiger partial charge on any atom is 0.337 e. The molecule has 0 radical (unpaired) electrons. The molecule has 0 bridgehead atoms. The topological polar surface area (TPSA) is 59.1 Å². The number of benzene rings is 2. The second kappa shape index (κ2) is 10.0. The summed E-state index contributed by atoms with van der Waals surface area (Å²) in [4.78, 5) is 28.0. The Morgan fingerprint density at radius 2 is 1.76 bits per heavy atom. The average Bonchev–Trinajstić information content (AvgIpc) is 2.91. The molecule has 1 amide bonds.